The lowest BCUT2D eigenvalue weighted by Crippen LogP contribution is -2.15. The number of non-ortho nitro benzene ring substituents is 1. The summed E-state index contributed by atoms with van der Waals surface area (Å²) in [7, 11) is 0. The highest BCUT2D eigenvalue weighted by Crippen LogP contribution is 2.22. The Hall–Kier alpha value is -1.87. The number of nitrogens with one attached hydrogen (secondary N) is 1. The Kier molecular flexibility index (Phi) is 4.63. The summed E-state index contributed by atoms with van der Waals surface area (Å²) in [5, 5.41) is 13.3. The first kappa shape index (κ1) is 15.5. The Morgan fingerprint density at radius 3 is 2.67 bits per heavy atom. The quantitative estimate of drug-likeness (QED) is 0.611. The summed E-state index contributed by atoms with van der Waals surface area (Å²) in [6.45, 7) is 1.63. The normalized spacial score (nSPS) is 10.2. The fourth-order valence-electron chi connectivity index (χ4n) is 1.62. The number of amides is 1. The molecular weight excluding hydrogens is 408 g/mol. The zero-order valence-corrected chi connectivity index (χ0v) is 13.8. The van der Waals surface area contributed by atoms with Gasteiger partial charge in [0.1, 0.15) is 9.21 Å². The molecule has 0 saturated heterocycles. The molecule has 1 aromatic carbocycles. The minimum Gasteiger partial charge on any atom is -0.304 e. The lowest BCUT2D eigenvalue weighted by Gasteiger charge is -2.08. The maximum absolute atomic E-state index is 12.2. The molecule has 0 atom stereocenters. The molecule has 1 aromatic heterocycles. The summed E-state index contributed by atoms with van der Waals surface area (Å²) < 4.78 is 0.906. The fourth-order valence-corrected chi connectivity index (χ4v) is 2.53. The second-order valence-corrected chi connectivity index (χ2v) is 5.61. The molecular formula is C12H8Br2N4O3. The summed E-state index contributed by atoms with van der Waals surface area (Å²) in [6.07, 6.45) is 1.45. The molecule has 0 aliphatic carbocycles. The highest BCUT2D eigenvalue weighted by Gasteiger charge is 2.15. The maximum atomic E-state index is 12.2. The Morgan fingerprint density at radius 1 is 1.38 bits per heavy atom. The highest BCUT2D eigenvalue weighted by molar-refractivity contribution is 9.11. The predicted octanol–water partition coefficient (Wildman–Crippen LogP) is 3.47. The molecule has 0 saturated carbocycles. The third kappa shape index (κ3) is 3.61. The standard InChI is InChI=1S/C12H8Br2N4O3/c1-6-4-7(18(20)21)2-3-8(6)12(19)17-11-10(14)16-9(13)5-15-11/h2-5H,1H3,(H,15,17,19). The average Bonchev–Trinajstić information content (AvgIpc) is 2.41. The van der Waals surface area contributed by atoms with Crippen LogP contribution in [0.4, 0.5) is 11.5 Å². The largest absolute Gasteiger partial charge is 0.304 e. The molecule has 0 radical (unpaired) electrons. The Balaban J connectivity index is 2.26. The van der Waals surface area contributed by atoms with E-state index in [1.807, 2.05) is 0 Å². The SMILES string of the molecule is Cc1cc([N+](=O)[O-])ccc1C(=O)Nc1ncc(Br)nc1Br. The second kappa shape index (κ2) is 6.27. The van der Waals surface area contributed by atoms with Crippen LogP contribution in [-0.4, -0.2) is 20.8 Å². The van der Waals surface area contributed by atoms with Gasteiger partial charge < -0.3 is 5.32 Å². The predicted molar refractivity (Wildman–Crippen MR) is 83.2 cm³/mol. The van der Waals surface area contributed by atoms with E-state index in [0.29, 0.717) is 20.3 Å². The van der Waals surface area contributed by atoms with Crippen molar-refractivity contribution in [1.82, 2.24) is 9.97 Å². The van der Waals surface area contributed by atoms with Crippen LogP contribution in [0.1, 0.15) is 15.9 Å². The van der Waals surface area contributed by atoms with E-state index in [4.69, 9.17) is 0 Å². The molecule has 0 unspecified atom stereocenters. The van der Waals surface area contributed by atoms with Gasteiger partial charge in [-0.2, -0.15) is 0 Å². The van der Waals surface area contributed by atoms with E-state index in [9.17, 15) is 14.9 Å². The number of hydrogen-bond acceptors (Lipinski definition) is 5. The van der Waals surface area contributed by atoms with Crippen molar-refractivity contribution in [3.63, 3.8) is 0 Å². The molecule has 0 spiro atoms. The maximum Gasteiger partial charge on any atom is 0.269 e. The van der Waals surface area contributed by atoms with Crippen molar-refractivity contribution in [3.8, 4) is 0 Å². The van der Waals surface area contributed by atoms with E-state index in [1.54, 1.807) is 6.92 Å². The van der Waals surface area contributed by atoms with Gasteiger partial charge in [0, 0.05) is 17.7 Å². The van der Waals surface area contributed by atoms with Crippen LogP contribution in [0.25, 0.3) is 0 Å². The lowest BCUT2D eigenvalue weighted by atomic mass is 10.1. The van der Waals surface area contributed by atoms with Crippen molar-refractivity contribution in [3.05, 3.63) is 54.8 Å². The number of aryl methyl sites for hydroxylation is 1. The summed E-state index contributed by atoms with van der Waals surface area (Å²) >= 11 is 6.35. The van der Waals surface area contributed by atoms with Gasteiger partial charge in [-0.1, -0.05) is 0 Å². The topological polar surface area (TPSA) is 98.0 Å². The van der Waals surface area contributed by atoms with E-state index in [0.717, 1.165) is 0 Å². The van der Waals surface area contributed by atoms with Gasteiger partial charge in [-0.05, 0) is 50.4 Å². The molecule has 2 aromatic rings. The van der Waals surface area contributed by atoms with Crippen molar-refractivity contribution >= 4 is 49.3 Å². The second-order valence-electron chi connectivity index (χ2n) is 4.04. The third-order valence-corrected chi connectivity index (χ3v) is 3.53. The number of benzene rings is 1. The molecule has 1 heterocycles. The van der Waals surface area contributed by atoms with Crippen LogP contribution in [0.3, 0.4) is 0 Å². The van der Waals surface area contributed by atoms with Gasteiger partial charge in [0.2, 0.25) is 0 Å². The number of nitro benzene ring substituents is 1. The van der Waals surface area contributed by atoms with Gasteiger partial charge in [0.25, 0.3) is 11.6 Å². The molecule has 1 N–H and O–H groups in total. The zero-order valence-electron chi connectivity index (χ0n) is 10.6. The summed E-state index contributed by atoms with van der Waals surface area (Å²) in [6, 6.07) is 4.03. The number of nitrogens with zero attached hydrogens (tertiary/aromatic N) is 3. The molecule has 0 bridgehead atoms. The molecule has 1 amide bonds. The Labute approximate surface area is 136 Å². The minimum absolute atomic E-state index is 0.0614. The number of anilines is 1. The van der Waals surface area contributed by atoms with E-state index in [-0.39, 0.29) is 11.5 Å². The van der Waals surface area contributed by atoms with Gasteiger partial charge in [0.05, 0.1) is 11.1 Å². The number of hydrogen-bond donors (Lipinski definition) is 1. The van der Waals surface area contributed by atoms with Crippen molar-refractivity contribution in [2.75, 3.05) is 5.32 Å². The van der Waals surface area contributed by atoms with Crippen molar-refractivity contribution in [1.29, 1.82) is 0 Å². The van der Waals surface area contributed by atoms with E-state index < -0.39 is 10.8 Å². The molecule has 0 fully saturated rings. The number of rotatable bonds is 3. The van der Waals surface area contributed by atoms with Gasteiger partial charge in [0.15, 0.2) is 5.82 Å². The molecule has 21 heavy (non-hydrogen) atoms. The van der Waals surface area contributed by atoms with Crippen LogP contribution in [-0.2, 0) is 0 Å². The van der Waals surface area contributed by atoms with Crippen molar-refractivity contribution in [2.45, 2.75) is 6.92 Å². The van der Waals surface area contributed by atoms with Crippen LogP contribution < -0.4 is 5.32 Å². The van der Waals surface area contributed by atoms with E-state index in [1.165, 1.54) is 24.4 Å². The number of halogens is 2. The smallest absolute Gasteiger partial charge is 0.269 e. The van der Waals surface area contributed by atoms with Crippen molar-refractivity contribution in [2.24, 2.45) is 0 Å². The Bertz CT molecular complexity index is 736. The van der Waals surface area contributed by atoms with Crippen LogP contribution >= 0.6 is 31.9 Å². The first-order valence-electron chi connectivity index (χ1n) is 5.63. The van der Waals surface area contributed by atoms with Gasteiger partial charge in [-0.3, -0.25) is 14.9 Å². The highest BCUT2D eigenvalue weighted by atomic mass is 79.9. The van der Waals surface area contributed by atoms with Crippen LogP contribution in [0.5, 0.6) is 0 Å². The number of aromatic nitrogens is 2. The van der Waals surface area contributed by atoms with E-state index >= 15 is 0 Å². The number of nitro groups is 1. The molecule has 108 valence electrons. The van der Waals surface area contributed by atoms with Crippen LogP contribution in [0, 0.1) is 17.0 Å². The zero-order chi connectivity index (χ0) is 15.6. The summed E-state index contributed by atoms with van der Waals surface area (Å²) in [5.41, 5.74) is 0.772. The third-order valence-electron chi connectivity index (χ3n) is 2.60. The summed E-state index contributed by atoms with van der Waals surface area (Å²) in [5.74, 6) is -0.152. The minimum atomic E-state index is -0.508. The van der Waals surface area contributed by atoms with Gasteiger partial charge in [-0.25, -0.2) is 9.97 Å². The Morgan fingerprint density at radius 2 is 2.10 bits per heavy atom. The monoisotopic (exact) mass is 414 g/mol. The van der Waals surface area contributed by atoms with E-state index in [2.05, 4.69) is 47.1 Å². The van der Waals surface area contributed by atoms with Crippen molar-refractivity contribution < 1.29 is 9.72 Å². The molecule has 0 aliphatic rings. The summed E-state index contributed by atoms with van der Waals surface area (Å²) in [4.78, 5) is 30.4. The number of carbonyl (C=O) groups is 1. The number of carbonyl (C=O) groups excluding carboxylic acids is 1. The average molecular weight is 416 g/mol. The molecule has 9 heteroatoms. The van der Waals surface area contributed by atoms with Crippen LogP contribution in [0.2, 0.25) is 0 Å². The molecule has 7 nitrogen and oxygen atoms in total. The fraction of sp³-hybridized carbons (Fsp3) is 0.0833. The lowest BCUT2D eigenvalue weighted by molar-refractivity contribution is -0.384. The molecule has 0 aliphatic heterocycles. The first-order valence-corrected chi connectivity index (χ1v) is 7.21. The van der Waals surface area contributed by atoms with Gasteiger partial charge in [-0.15, -0.1) is 0 Å². The van der Waals surface area contributed by atoms with Crippen LogP contribution in [0.15, 0.2) is 33.6 Å². The van der Waals surface area contributed by atoms with Gasteiger partial charge >= 0.3 is 0 Å². The molecule has 2 rings (SSSR count). The first-order chi connectivity index (χ1) is 9.88.